The summed E-state index contributed by atoms with van der Waals surface area (Å²) in [4.78, 5) is 0. The normalized spacial score (nSPS) is 10.0. The van der Waals surface area contributed by atoms with Crippen LogP contribution in [0.25, 0.3) is 0 Å². The summed E-state index contributed by atoms with van der Waals surface area (Å²) in [7, 11) is 0. The molecule has 1 aromatic carbocycles. The first-order chi connectivity index (χ1) is 9.70. The molecule has 0 atom stereocenters. The highest BCUT2D eigenvalue weighted by Gasteiger charge is 1.90. The lowest BCUT2D eigenvalue weighted by Crippen LogP contribution is -1.80. The largest absolute Gasteiger partial charge is 0.0843 e. The molecule has 0 spiro atoms. The van der Waals surface area contributed by atoms with Gasteiger partial charge in [0, 0.05) is 10.0 Å². The number of benzene rings is 1. The van der Waals surface area contributed by atoms with Crippen LogP contribution in [-0.2, 0) is 0 Å². The van der Waals surface area contributed by atoms with Gasteiger partial charge in [0.1, 0.15) is 0 Å². The Morgan fingerprint density at radius 1 is 0.550 bits per heavy atom. The lowest BCUT2D eigenvalue weighted by molar-refractivity contribution is 0.562. The second-order valence-corrected chi connectivity index (χ2v) is 6.14. The third-order valence-corrected chi connectivity index (χ3v) is 3.76. The molecule has 0 N–H and O–H groups in total. The molecule has 1 rings (SSSR count). The Bertz CT molecular complexity index is 262. The summed E-state index contributed by atoms with van der Waals surface area (Å²) in [5, 5.41) is 1.43. The zero-order valence-electron chi connectivity index (χ0n) is 13.1. The van der Waals surface area contributed by atoms with Crippen LogP contribution in [0.4, 0.5) is 0 Å². The van der Waals surface area contributed by atoms with Gasteiger partial charge in [-0.05, 0) is 24.3 Å². The SMILES string of the molecule is CCCCCCCCCCCC.Clc1ccc(Cl)cc1. The van der Waals surface area contributed by atoms with Crippen molar-refractivity contribution in [2.24, 2.45) is 0 Å². The monoisotopic (exact) mass is 316 g/mol. The van der Waals surface area contributed by atoms with E-state index in [1.165, 1.54) is 64.2 Å². The van der Waals surface area contributed by atoms with Crippen LogP contribution in [0.2, 0.25) is 10.0 Å². The fourth-order valence-corrected chi connectivity index (χ4v) is 2.24. The number of hydrogen-bond donors (Lipinski definition) is 0. The average Bonchev–Trinajstić information content (AvgIpc) is 2.46. The molecule has 0 aliphatic heterocycles. The lowest BCUT2D eigenvalue weighted by Gasteiger charge is -1.99. The zero-order chi connectivity index (χ0) is 15.1. The average molecular weight is 317 g/mol. The molecule has 0 fully saturated rings. The van der Waals surface area contributed by atoms with Crippen molar-refractivity contribution in [3.8, 4) is 0 Å². The molecular formula is C18H30Cl2. The van der Waals surface area contributed by atoms with Gasteiger partial charge in [-0.3, -0.25) is 0 Å². The minimum absolute atomic E-state index is 0.717. The van der Waals surface area contributed by atoms with E-state index >= 15 is 0 Å². The zero-order valence-corrected chi connectivity index (χ0v) is 14.6. The minimum atomic E-state index is 0.717. The van der Waals surface area contributed by atoms with Crippen molar-refractivity contribution >= 4 is 23.2 Å². The number of halogens is 2. The molecule has 0 unspecified atom stereocenters. The van der Waals surface area contributed by atoms with Gasteiger partial charge in [0.25, 0.3) is 0 Å². The van der Waals surface area contributed by atoms with Crippen LogP contribution in [0, 0.1) is 0 Å². The molecule has 0 nitrogen and oxygen atoms in total. The molecule has 0 aliphatic carbocycles. The van der Waals surface area contributed by atoms with E-state index in [0.717, 1.165) is 10.0 Å². The fourth-order valence-electron chi connectivity index (χ4n) is 1.99. The van der Waals surface area contributed by atoms with Crippen molar-refractivity contribution in [2.45, 2.75) is 78.1 Å². The first-order valence-electron chi connectivity index (χ1n) is 8.11. The fraction of sp³-hybridized carbons (Fsp3) is 0.667. The topological polar surface area (TPSA) is 0 Å². The van der Waals surface area contributed by atoms with E-state index in [2.05, 4.69) is 13.8 Å². The van der Waals surface area contributed by atoms with Crippen LogP contribution in [0.5, 0.6) is 0 Å². The Kier molecular flexibility index (Phi) is 15.0. The summed E-state index contributed by atoms with van der Waals surface area (Å²) in [5.41, 5.74) is 0. The Hall–Kier alpha value is -0.200. The molecular weight excluding hydrogens is 287 g/mol. The van der Waals surface area contributed by atoms with Crippen LogP contribution in [-0.4, -0.2) is 0 Å². The maximum Gasteiger partial charge on any atom is 0.0407 e. The molecule has 0 aromatic heterocycles. The first kappa shape index (κ1) is 19.8. The van der Waals surface area contributed by atoms with E-state index in [0.29, 0.717) is 0 Å². The van der Waals surface area contributed by atoms with Crippen LogP contribution in [0.1, 0.15) is 78.1 Å². The third-order valence-electron chi connectivity index (χ3n) is 3.26. The number of unbranched alkanes of at least 4 members (excludes halogenated alkanes) is 9. The predicted octanol–water partition coefficient (Wildman–Crippen LogP) is 7.92. The van der Waals surface area contributed by atoms with Gasteiger partial charge < -0.3 is 0 Å². The molecule has 0 radical (unpaired) electrons. The summed E-state index contributed by atoms with van der Waals surface area (Å²) in [5.74, 6) is 0. The van der Waals surface area contributed by atoms with Crippen molar-refractivity contribution in [2.75, 3.05) is 0 Å². The van der Waals surface area contributed by atoms with E-state index in [4.69, 9.17) is 23.2 Å². The second kappa shape index (κ2) is 15.2. The summed E-state index contributed by atoms with van der Waals surface area (Å²) in [6.45, 7) is 4.56. The maximum absolute atomic E-state index is 5.55. The number of rotatable bonds is 9. The van der Waals surface area contributed by atoms with Crippen molar-refractivity contribution in [1.82, 2.24) is 0 Å². The van der Waals surface area contributed by atoms with Crippen molar-refractivity contribution in [1.29, 1.82) is 0 Å². The molecule has 0 bridgehead atoms. The van der Waals surface area contributed by atoms with Gasteiger partial charge in [-0.25, -0.2) is 0 Å². The first-order valence-corrected chi connectivity index (χ1v) is 8.87. The molecule has 0 aliphatic rings. The highest BCUT2D eigenvalue weighted by Crippen LogP contribution is 2.12. The quantitative estimate of drug-likeness (QED) is 0.406. The van der Waals surface area contributed by atoms with Crippen molar-refractivity contribution in [3.63, 3.8) is 0 Å². The molecule has 116 valence electrons. The molecule has 20 heavy (non-hydrogen) atoms. The lowest BCUT2D eigenvalue weighted by atomic mass is 10.1. The van der Waals surface area contributed by atoms with E-state index in [-0.39, 0.29) is 0 Å². The maximum atomic E-state index is 5.55. The van der Waals surface area contributed by atoms with Gasteiger partial charge in [0.15, 0.2) is 0 Å². The van der Waals surface area contributed by atoms with Crippen LogP contribution < -0.4 is 0 Å². The summed E-state index contributed by atoms with van der Waals surface area (Å²) in [6.07, 6.45) is 14.4. The second-order valence-electron chi connectivity index (χ2n) is 5.26. The Balaban J connectivity index is 0.000000388. The summed E-state index contributed by atoms with van der Waals surface area (Å²) in [6, 6.07) is 7.02. The predicted molar refractivity (Wildman–Crippen MR) is 94.0 cm³/mol. The van der Waals surface area contributed by atoms with Gasteiger partial charge in [0.05, 0.1) is 0 Å². The standard InChI is InChI=1S/C12H26.C6H4Cl2/c1-3-5-7-9-11-12-10-8-6-4-2;7-5-1-2-6(8)4-3-5/h3-12H2,1-2H3;1-4H. The van der Waals surface area contributed by atoms with Gasteiger partial charge in [-0.1, -0.05) is 101 Å². The summed E-state index contributed by atoms with van der Waals surface area (Å²) >= 11 is 11.1. The molecule has 1 aromatic rings. The molecule has 0 saturated carbocycles. The van der Waals surface area contributed by atoms with Crippen LogP contribution in [0.3, 0.4) is 0 Å². The van der Waals surface area contributed by atoms with E-state index in [1.54, 1.807) is 24.3 Å². The van der Waals surface area contributed by atoms with Crippen molar-refractivity contribution < 1.29 is 0 Å². The molecule has 0 saturated heterocycles. The molecule has 2 heteroatoms. The molecule has 0 heterocycles. The van der Waals surface area contributed by atoms with Gasteiger partial charge in [-0.15, -0.1) is 0 Å². The van der Waals surface area contributed by atoms with E-state index in [1.807, 2.05) is 0 Å². The Labute approximate surface area is 135 Å². The van der Waals surface area contributed by atoms with Crippen LogP contribution in [0.15, 0.2) is 24.3 Å². The highest BCUT2D eigenvalue weighted by molar-refractivity contribution is 6.32. The van der Waals surface area contributed by atoms with E-state index in [9.17, 15) is 0 Å². The van der Waals surface area contributed by atoms with Crippen molar-refractivity contribution in [3.05, 3.63) is 34.3 Å². The number of hydrogen-bond acceptors (Lipinski definition) is 0. The summed E-state index contributed by atoms with van der Waals surface area (Å²) < 4.78 is 0. The smallest absolute Gasteiger partial charge is 0.0407 e. The molecule has 0 amide bonds. The van der Waals surface area contributed by atoms with Gasteiger partial charge in [0.2, 0.25) is 0 Å². The minimum Gasteiger partial charge on any atom is -0.0843 e. The highest BCUT2D eigenvalue weighted by atomic mass is 35.5. The Morgan fingerprint density at radius 3 is 1.05 bits per heavy atom. The Morgan fingerprint density at radius 2 is 0.800 bits per heavy atom. The van der Waals surface area contributed by atoms with Gasteiger partial charge in [-0.2, -0.15) is 0 Å². The van der Waals surface area contributed by atoms with E-state index < -0.39 is 0 Å². The van der Waals surface area contributed by atoms with Gasteiger partial charge >= 0.3 is 0 Å². The van der Waals surface area contributed by atoms with Crippen LogP contribution >= 0.6 is 23.2 Å². The third kappa shape index (κ3) is 14.2.